The molecule has 5 heteroatoms. The third kappa shape index (κ3) is 4.78. The van der Waals surface area contributed by atoms with E-state index in [2.05, 4.69) is 30.1 Å². The lowest BCUT2D eigenvalue weighted by Crippen LogP contribution is -2.36. The Balaban J connectivity index is 1.44. The van der Waals surface area contributed by atoms with Gasteiger partial charge in [0.25, 0.3) is 0 Å². The van der Waals surface area contributed by atoms with Gasteiger partial charge in [-0.3, -0.25) is 4.79 Å². The standard InChI is InChI=1S/C25H31NO4/c1-3-28-25(27)16-20-17-30-24-15-18-9-10-22(13-19(18)14-23(20)24)29-12-11-26(2)21-7-5-4-6-8-21/h9-10,13-15,17,21H,3-8,11-12,16H2,1-2H3. The zero-order valence-electron chi connectivity index (χ0n) is 18.0. The van der Waals surface area contributed by atoms with Gasteiger partial charge < -0.3 is 18.8 Å². The van der Waals surface area contributed by atoms with Gasteiger partial charge in [0, 0.05) is 23.5 Å². The van der Waals surface area contributed by atoms with Gasteiger partial charge in [-0.2, -0.15) is 0 Å². The molecule has 1 aliphatic rings. The number of hydrogen-bond acceptors (Lipinski definition) is 5. The average molecular weight is 410 g/mol. The van der Waals surface area contributed by atoms with E-state index in [1.165, 1.54) is 32.1 Å². The van der Waals surface area contributed by atoms with Crippen molar-refractivity contribution >= 4 is 27.7 Å². The number of carbonyl (C=O) groups excluding carboxylic acids is 1. The molecule has 5 nitrogen and oxygen atoms in total. The van der Waals surface area contributed by atoms with Crippen LogP contribution in [0.15, 0.2) is 41.0 Å². The number of rotatable bonds is 8. The summed E-state index contributed by atoms with van der Waals surface area (Å²) >= 11 is 0. The van der Waals surface area contributed by atoms with E-state index in [0.29, 0.717) is 19.3 Å². The van der Waals surface area contributed by atoms with Crippen LogP contribution in [0.4, 0.5) is 0 Å². The summed E-state index contributed by atoms with van der Waals surface area (Å²) in [6.07, 6.45) is 8.56. The number of nitrogens with zero attached hydrogens (tertiary/aromatic N) is 1. The minimum absolute atomic E-state index is 0.218. The van der Waals surface area contributed by atoms with E-state index in [4.69, 9.17) is 13.9 Å². The summed E-state index contributed by atoms with van der Waals surface area (Å²) < 4.78 is 16.8. The Morgan fingerprint density at radius 1 is 1.13 bits per heavy atom. The lowest BCUT2D eigenvalue weighted by Gasteiger charge is -2.31. The van der Waals surface area contributed by atoms with Crippen molar-refractivity contribution in [3.8, 4) is 5.75 Å². The number of hydrogen-bond donors (Lipinski definition) is 0. The van der Waals surface area contributed by atoms with Gasteiger partial charge >= 0.3 is 5.97 Å². The van der Waals surface area contributed by atoms with Crippen molar-refractivity contribution in [2.24, 2.45) is 0 Å². The first-order chi connectivity index (χ1) is 14.6. The number of fused-ring (bicyclic) bond motifs is 2. The second-order valence-corrected chi connectivity index (χ2v) is 8.22. The zero-order valence-corrected chi connectivity index (χ0v) is 18.0. The van der Waals surface area contributed by atoms with Crippen LogP contribution in [-0.2, 0) is 16.0 Å². The molecular formula is C25H31NO4. The first-order valence-corrected chi connectivity index (χ1v) is 11.1. The monoisotopic (exact) mass is 409 g/mol. The predicted octanol–water partition coefficient (Wildman–Crippen LogP) is 5.33. The van der Waals surface area contributed by atoms with Crippen LogP contribution in [0.3, 0.4) is 0 Å². The molecule has 0 atom stereocenters. The van der Waals surface area contributed by atoms with E-state index >= 15 is 0 Å². The molecule has 0 bridgehead atoms. The Hall–Kier alpha value is -2.53. The van der Waals surface area contributed by atoms with Crippen molar-refractivity contribution in [1.82, 2.24) is 4.90 Å². The highest BCUT2D eigenvalue weighted by molar-refractivity contribution is 5.98. The molecule has 1 saturated carbocycles. The molecule has 1 aromatic heterocycles. The maximum absolute atomic E-state index is 11.9. The maximum Gasteiger partial charge on any atom is 0.310 e. The quantitative estimate of drug-likeness (QED) is 0.470. The second kappa shape index (κ2) is 9.52. The normalized spacial score (nSPS) is 15.2. The van der Waals surface area contributed by atoms with E-state index in [-0.39, 0.29) is 12.4 Å². The predicted molar refractivity (Wildman–Crippen MR) is 119 cm³/mol. The molecule has 30 heavy (non-hydrogen) atoms. The van der Waals surface area contributed by atoms with Crippen molar-refractivity contribution in [3.05, 3.63) is 42.2 Å². The first-order valence-electron chi connectivity index (χ1n) is 11.1. The highest BCUT2D eigenvalue weighted by atomic mass is 16.5. The fourth-order valence-corrected chi connectivity index (χ4v) is 4.41. The van der Waals surface area contributed by atoms with Crippen LogP contribution in [0.5, 0.6) is 5.75 Å². The molecule has 1 heterocycles. The smallest absolute Gasteiger partial charge is 0.310 e. The maximum atomic E-state index is 11.9. The summed E-state index contributed by atoms with van der Waals surface area (Å²) in [5.74, 6) is 0.633. The molecule has 1 aliphatic carbocycles. The van der Waals surface area contributed by atoms with Gasteiger partial charge in [0.2, 0.25) is 0 Å². The molecule has 0 unspecified atom stereocenters. The fourth-order valence-electron chi connectivity index (χ4n) is 4.41. The Morgan fingerprint density at radius 2 is 1.97 bits per heavy atom. The number of likely N-dealkylation sites (N-methyl/N-ethyl adjacent to an activating group) is 1. The van der Waals surface area contributed by atoms with E-state index in [1.54, 1.807) is 6.26 Å². The largest absolute Gasteiger partial charge is 0.492 e. The fraction of sp³-hybridized carbons (Fsp3) is 0.480. The highest BCUT2D eigenvalue weighted by Gasteiger charge is 2.17. The second-order valence-electron chi connectivity index (χ2n) is 8.22. The molecule has 3 aromatic rings. The third-order valence-electron chi connectivity index (χ3n) is 6.14. The molecule has 0 amide bonds. The van der Waals surface area contributed by atoms with Crippen molar-refractivity contribution in [1.29, 1.82) is 0 Å². The van der Waals surface area contributed by atoms with Crippen molar-refractivity contribution in [2.45, 2.75) is 51.5 Å². The Kier molecular flexibility index (Phi) is 6.58. The molecular weight excluding hydrogens is 378 g/mol. The van der Waals surface area contributed by atoms with Crippen molar-refractivity contribution in [3.63, 3.8) is 0 Å². The topological polar surface area (TPSA) is 51.9 Å². The van der Waals surface area contributed by atoms with Gasteiger partial charge in [-0.05, 0) is 61.9 Å². The van der Waals surface area contributed by atoms with Crippen LogP contribution in [0.1, 0.15) is 44.6 Å². The van der Waals surface area contributed by atoms with Gasteiger partial charge in [0.15, 0.2) is 0 Å². The summed E-state index contributed by atoms with van der Waals surface area (Å²) in [6, 6.07) is 10.9. The first kappa shape index (κ1) is 20.7. The van der Waals surface area contributed by atoms with Crippen LogP contribution in [0.25, 0.3) is 21.7 Å². The van der Waals surface area contributed by atoms with Gasteiger partial charge in [-0.1, -0.05) is 25.3 Å². The van der Waals surface area contributed by atoms with E-state index in [0.717, 1.165) is 39.6 Å². The summed E-state index contributed by atoms with van der Waals surface area (Å²) in [6.45, 7) is 3.81. The Bertz CT molecular complexity index is 1000. The average Bonchev–Trinajstić information content (AvgIpc) is 3.14. The van der Waals surface area contributed by atoms with E-state index in [1.807, 2.05) is 19.1 Å². The van der Waals surface area contributed by atoms with Crippen molar-refractivity contribution in [2.75, 3.05) is 26.8 Å². The van der Waals surface area contributed by atoms with E-state index < -0.39 is 0 Å². The molecule has 2 aromatic carbocycles. The minimum atomic E-state index is -0.237. The van der Waals surface area contributed by atoms with Crippen LogP contribution in [0, 0.1) is 0 Å². The zero-order chi connectivity index (χ0) is 20.9. The van der Waals surface area contributed by atoms with Gasteiger partial charge in [0.1, 0.15) is 17.9 Å². The number of furan rings is 1. The summed E-state index contributed by atoms with van der Waals surface area (Å²) in [4.78, 5) is 14.3. The van der Waals surface area contributed by atoms with Gasteiger partial charge in [-0.25, -0.2) is 0 Å². The minimum Gasteiger partial charge on any atom is -0.492 e. The molecule has 160 valence electrons. The summed E-state index contributed by atoms with van der Waals surface area (Å²) in [5, 5.41) is 3.11. The molecule has 0 aliphatic heterocycles. The number of carbonyl (C=O) groups is 1. The number of esters is 1. The van der Waals surface area contributed by atoms with Crippen molar-refractivity contribution < 1.29 is 18.7 Å². The lowest BCUT2D eigenvalue weighted by molar-refractivity contribution is -0.142. The number of benzene rings is 2. The molecule has 4 rings (SSSR count). The van der Waals surface area contributed by atoms with Crippen LogP contribution >= 0.6 is 0 Å². The Labute approximate surface area is 177 Å². The summed E-state index contributed by atoms with van der Waals surface area (Å²) in [7, 11) is 2.21. The van der Waals surface area contributed by atoms with Gasteiger partial charge in [-0.15, -0.1) is 0 Å². The SMILES string of the molecule is CCOC(=O)Cc1coc2cc3ccc(OCCN(C)C4CCCCC4)cc3cc12. The molecule has 0 N–H and O–H groups in total. The van der Waals surface area contributed by atoms with Crippen LogP contribution in [-0.4, -0.2) is 43.7 Å². The molecule has 0 radical (unpaired) electrons. The summed E-state index contributed by atoms with van der Waals surface area (Å²) in [5.41, 5.74) is 1.63. The van der Waals surface area contributed by atoms with E-state index in [9.17, 15) is 4.79 Å². The molecule has 1 fully saturated rings. The van der Waals surface area contributed by atoms with Crippen LogP contribution in [0.2, 0.25) is 0 Å². The molecule has 0 saturated heterocycles. The number of ether oxygens (including phenoxy) is 2. The van der Waals surface area contributed by atoms with Crippen LogP contribution < -0.4 is 4.74 Å². The molecule has 0 spiro atoms. The van der Waals surface area contributed by atoms with Gasteiger partial charge in [0.05, 0.1) is 19.3 Å². The Morgan fingerprint density at radius 3 is 2.77 bits per heavy atom. The highest BCUT2D eigenvalue weighted by Crippen LogP contribution is 2.30. The lowest BCUT2D eigenvalue weighted by atomic mass is 9.94. The third-order valence-corrected chi connectivity index (χ3v) is 6.14.